The van der Waals surface area contributed by atoms with Crippen molar-refractivity contribution >= 4 is 17.0 Å². The van der Waals surface area contributed by atoms with Crippen LogP contribution in [-0.2, 0) is 19.5 Å². The average Bonchev–Trinajstić information content (AvgIpc) is 3.01. The number of aromatic amines is 1. The van der Waals surface area contributed by atoms with E-state index in [0.717, 1.165) is 47.0 Å². The SMILES string of the molecule is Cc1csc(CN2CCc3nc(-c4ccc(N)cc4)[nH]c(=O)c3C2)n1. The fourth-order valence-electron chi connectivity index (χ4n) is 3.06. The topological polar surface area (TPSA) is 87.9 Å². The Morgan fingerprint density at radius 3 is 2.80 bits per heavy atom. The number of benzene rings is 1. The van der Waals surface area contributed by atoms with Gasteiger partial charge in [0.05, 0.1) is 17.8 Å². The van der Waals surface area contributed by atoms with Crippen molar-refractivity contribution in [2.75, 3.05) is 12.3 Å². The normalized spacial score (nSPS) is 14.4. The van der Waals surface area contributed by atoms with Gasteiger partial charge in [-0.2, -0.15) is 0 Å². The van der Waals surface area contributed by atoms with Crippen molar-refractivity contribution in [2.24, 2.45) is 0 Å². The van der Waals surface area contributed by atoms with Crippen LogP contribution >= 0.6 is 11.3 Å². The molecule has 0 unspecified atom stereocenters. The predicted molar refractivity (Wildman–Crippen MR) is 99.4 cm³/mol. The Morgan fingerprint density at radius 1 is 1.28 bits per heavy atom. The van der Waals surface area contributed by atoms with Crippen LogP contribution in [0.4, 0.5) is 5.69 Å². The lowest BCUT2D eigenvalue weighted by Gasteiger charge is -2.26. The monoisotopic (exact) mass is 353 g/mol. The zero-order chi connectivity index (χ0) is 17.4. The molecule has 0 fully saturated rings. The molecule has 0 bridgehead atoms. The van der Waals surface area contributed by atoms with Gasteiger partial charge in [0, 0.05) is 41.8 Å². The highest BCUT2D eigenvalue weighted by Crippen LogP contribution is 2.21. The summed E-state index contributed by atoms with van der Waals surface area (Å²) in [6.07, 6.45) is 0.769. The molecule has 1 aromatic carbocycles. The van der Waals surface area contributed by atoms with Gasteiger partial charge in [-0.15, -0.1) is 11.3 Å². The van der Waals surface area contributed by atoms with Crippen LogP contribution in [0.1, 0.15) is 22.0 Å². The molecule has 6 nitrogen and oxygen atoms in total. The molecular weight excluding hydrogens is 334 g/mol. The Balaban J connectivity index is 1.59. The maximum atomic E-state index is 12.6. The quantitative estimate of drug-likeness (QED) is 0.706. The highest BCUT2D eigenvalue weighted by molar-refractivity contribution is 7.09. The lowest BCUT2D eigenvalue weighted by molar-refractivity contribution is 0.241. The first-order valence-electron chi connectivity index (χ1n) is 8.20. The molecule has 0 amide bonds. The van der Waals surface area contributed by atoms with Crippen molar-refractivity contribution in [3.63, 3.8) is 0 Å². The molecule has 2 aromatic heterocycles. The number of nitrogen functional groups attached to an aromatic ring is 1. The number of fused-ring (bicyclic) bond motifs is 1. The zero-order valence-electron chi connectivity index (χ0n) is 14.0. The lowest BCUT2D eigenvalue weighted by Crippen LogP contribution is -2.35. The lowest BCUT2D eigenvalue weighted by atomic mass is 10.1. The van der Waals surface area contributed by atoms with Crippen LogP contribution in [0, 0.1) is 6.92 Å². The fraction of sp³-hybridized carbons (Fsp3) is 0.278. The van der Waals surface area contributed by atoms with Crippen LogP contribution in [0.15, 0.2) is 34.4 Å². The molecule has 3 aromatic rings. The summed E-state index contributed by atoms with van der Waals surface area (Å²) in [4.78, 5) is 26.9. The molecule has 0 radical (unpaired) electrons. The number of hydrogen-bond acceptors (Lipinski definition) is 6. The maximum Gasteiger partial charge on any atom is 0.255 e. The van der Waals surface area contributed by atoms with Gasteiger partial charge >= 0.3 is 0 Å². The third kappa shape index (κ3) is 3.33. The summed E-state index contributed by atoms with van der Waals surface area (Å²) in [5, 5.41) is 3.14. The van der Waals surface area contributed by atoms with E-state index in [4.69, 9.17) is 5.73 Å². The number of aryl methyl sites for hydroxylation is 1. The summed E-state index contributed by atoms with van der Waals surface area (Å²) < 4.78 is 0. The Hall–Kier alpha value is -2.51. The summed E-state index contributed by atoms with van der Waals surface area (Å²) in [6.45, 7) is 4.26. The minimum Gasteiger partial charge on any atom is -0.399 e. The smallest absolute Gasteiger partial charge is 0.255 e. The molecule has 7 heteroatoms. The summed E-state index contributed by atoms with van der Waals surface area (Å²) in [7, 11) is 0. The molecule has 25 heavy (non-hydrogen) atoms. The molecule has 0 saturated carbocycles. The maximum absolute atomic E-state index is 12.6. The van der Waals surface area contributed by atoms with Gasteiger partial charge in [0.2, 0.25) is 0 Å². The van der Waals surface area contributed by atoms with Crippen molar-refractivity contribution in [1.29, 1.82) is 0 Å². The number of nitrogens with zero attached hydrogens (tertiary/aromatic N) is 3. The van der Waals surface area contributed by atoms with Crippen molar-refractivity contribution in [3.05, 3.63) is 62.0 Å². The Labute approximate surface area is 149 Å². The van der Waals surface area contributed by atoms with Crippen LogP contribution in [0.3, 0.4) is 0 Å². The van der Waals surface area contributed by atoms with E-state index in [2.05, 4.69) is 25.2 Å². The van der Waals surface area contributed by atoms with Gasteiger partial charge in [-0.05, 0) is 31.2 Å². The van der Waals surface area contributed by atoms with Crippen molar-refractivity contribution < 1.29 is 0 Å². The molecule has 1 aliphatic rings. The molecule has 0 spiro atoms. The first-order valence-corrected chi connectivity index (χ1v) is 9.08. The van der Waals surface area contributed by atoms with E-state index in [1.807, 2.05) is 31.2 Å². The number of anilines is 1. The standard InChI is InChI=1S/C18H19N5OS/c1-11-10-25-16(20-11)9-23-7-6-15-14(8-23)18(24)22-17(21-15)12-2-4-13(19)5-3-12/h2-5,10H,6-9,19H2,1H3,(H,21,22,24). The van der Waals surface area contributed by atoms with E-state index < -0.39 is 0 Å². The van der Waals surface area contributed by atoms with E-state index >= 15 is 0 Å². The van der Waals surface area contributed by atoms with Gasteiger partial charge in [-0.3, -0.25) is 9.69 Å². The molecule has 0 atom stereocenters. The molecule has 0 saturated heterocycles. The van der Waals surface area contributed by atoms with Gasteiger partial charge in [0.1, 0.15) is 10.8 Å². The number of aromatic nitrogens is 3. The van der Waals surface area contributed by atoms with Gasteiger partial charge in [0.15, 0.2) is 0 Å². The summed E-state index contributed by atoms with van der Waals surface area (Å²) in [6, 6.07) is 7.37. The van der Waals surface area contributed by atoms with E-state index in [1.165, 1.54) is 0 Å². The van der Waals surface area contributed by atoms with Crippen LogP contribution < -0.4 is 11.3 Å². The third-order valence-electron chi connectivity index (χ3n) is 4.36. The molecular formula is C18H19N5OS. The predicted octanol–water partition coefficient (Wildman–Crippen LogP) is 2.34. The van der Waals surface area contributed by atoms with E-state index in [9.17, 15) is 4.79 Å². The molecule has 3 heterocycles. The molecule has 4 rings (SSSR count). The Morgan fingerprint density at radius 2 is 2.08 bits per heavy atom. The molecule has 3 N–H and O–H groups in total. The van der Waals surface area contributed by atoms with Crippen molar-refractivity contribution in [2.45, 2.75) is 26.4 Å². The van der Waals surface area contributed by atoms with Crippen molar-refractivity contribution in [1.82, 2.24) is 19.9 Å². The molecule has 1 aliphatic heterocycles. The van der Waals surface area contributed by atoms with E-state index in [-0.39, 0.29) is 5.56 Å². The summed E-state index contributed by atoms with van der Waals surface area (Å²) in [5.74, 6) is 0.604. The second-order valence-corrected chi connectivity index (χ2v) is 7.25. The second kappa shape index (κ2) is 6.42. The number of rotatable bonds is 3. The largest absolute Gasteiger partial charge is 0.399 e. The number of H-pyrrole nitrogens is 1. The highest BCUT2D eigenvalue weighted by atomic mass is 32.1. The van der Waals surface area contributed by atoms with Crippen LogP contribution in [-0.4, -0.2) is 26.4 Å². The number of nitrogens with one attached hydrogen (secondary N) is 1. The van der Waals surface area contributed by atoms with Gasteiger partial charge in [-0.25, -0.2) is 9.97 Å². The number of thiazole rings is 1. The number of hydrogen-bond donors (Lipinski definition) is 2. The van der Waals surface area contributed by atoms with E-state index in [0.29, 0.717) is 18.1 Å². The Bertz CT molecular complexity index is 960. The third-order valence-corrected chi connectivity index (χ3v) is 5.31. The zero-order valence-corrected chi connectivity index (χ0v) is 14.8. The van der Waals surface area contributed by atoms with Gasteiger partial charge < -0.3 is 10.7 Å². The van der Waals surface area contributed by atoms with Crippen molar-refractivity contribution in [3.8, 4) is 11.4 Å². The minimum atomic E-state index is -0.0585. The first-order chi connectivity index (χ1) is 12.1. The fourth-order valence-corrected chi connectivity index (χ4v) is 3.87. The van der Waals surface area contributed by atoms with E-state index in [1.54, 1.807) is 11.3 Å². The highest BCUT2D eigenvalue weighted by Gasteiger charge is 2.22. The van der Waals surface area contributed by atoms with Crippen LogP contribution in [0.25, 0.3) is 11.4 Å². The number of nitrogens with two attached hydrogens (primary N) is 1. The second-order valence-electron chi connectivity index (χ2n) is 6.31. The minimum absolute atomic E-state index is 0.0585. The van der Waals surface area contributed by atoms with Crippen LogP contribution in [0.2, 0.25) is 0 Å². The average molecular weight is 353 g/mol. The molecule has 0 aliphatic carbocycles. The van der Waals surface area contributed by atoms with Gasteiger partial charge in [0.25, 0.3) is 5.56 Å². The van der Waals surface area contributed by atoms with Crippen LogP contribution in [0.5, 0.6) is 0 Å². The molecule has 128 valence electrons. The summed E-state index contributed by atoms with van der Waals surface area (Å²) in [5.41, 5.74) is 9.93. The van der Waals surface area contributed by atoms with Gasteiger partial charge in [-0.1, -0.05) is 0 Å². The Kier molecular flexibility index (Phi) is 4.10. The summed E-state index contributed by atoms with van der Waals surface area (Å²) >= 11 is 1.66. The first kappa shape index (κ1) is 16.0.